The van der Waals surface area contributed by atoms with E-state index in [0.29, 0.717) is 18.8 Å². The summed E-state index contributed by atoms with van der Waals surface area (Å²) in [6.45, 7) is 2.09. The molecule has 112 valence electrons. The van der Waals surface area contributed by atoms with Gasteiger partial charge in [-0.2, -0.15) is 13.2 Å². The Hall–Kier alpha value is -0.250. The quantitative estimate of drug-likeness (QED) is 0.777. The van der Waals surface area contributed by atoms with Crippen LogP contribution in [0.2, 0.25) is 0 Å². The lowest BCUT2D eigenvalue weighted by atomic mass is 9.62. The largest absolute Gasteiger partial charge is 0.391 e. The van der Waals surface area contributed by atoms with Gasteiger partial charge in [0, 0.05) is 0 Å². The Morgan fingerprint density at radius 1 is 1.11 bits per heavy atom. The van der Waals surface area contributed by atoms with Gasteiger partial charge in [0.15, 0.2) is 0 Å². The van der Waals surface area contributed by atoms with Crippen LogP contribution in [0.4, 0.5) is 13.2 Å². The Bertz CT molecular complexity index is 302. The zero-order valence-electron chi connectivity index (χ0n) is 11.7. The molecule has 0 spiro atoms. The number of aliphatic hydroxyl groups is 1. The van der Waals surface area contributed by atoms with E-state index in [-0.39, 0.29) is 18.8 Å². The van der Waals surface area contributed by atoms with Crippen molar-refractivity contribution >= 4 is 0 Å². The van der Waals surface area contributed by atoms with Crippen molar-refractivity contribution in [2.75, 3.05) is 0 Å². The zero-order valence-corrected chi connectivity index (χ0v) is 11.7. The van der Waals surface area contributed by atoms with E-state index in [1.54, 1.807) is 0 Å². The van der Waals surface area contributed by atoms with Gasteiger partial charge in [-0.15, -0.1) is 0 Å². The first-order valence-corrected chi connectivity index (χ1v) is 7.66. The molecule has 1 N–H and O–H groups in total. The maximum atomic E-state index is 12.9. The van der Waals surface area contributed by atoms with Gasteiger partial charge in [-0.05, 0) is 43.9 Å². The Balaban J connectivity index is 2.11. The normalized spacial score (nSPS) is 41.2. The molecule has 2 saturated carbocycles. The predicted octanol–water partition coefficient (Wildman–Crippen LogP) is 4.69. The van der Waals surface area contributed by atoms with Crippen LogP contribution in [-0.2, 0) is 0 Å². The molecule has 0 aromatic rings. The van der Waals surface area contributed by atoms with Crippen LogP contribution in [0.1, 0.15) is 64.7 Å². The van der Waals surface area contributed by atoms with Gasteiger partial charge >= 0.3 is 6.18 Å². The molecule has 2 rings (SSSR count). The summed E-state index contributed by atoms with van der Waals surface area (Å²) in [5.74, 6) is -0.812. The van der Waals surface area contributed by atoms with Gasteiger partial charge in [0.2, 0.25) is 0 Å². The van der Waals surface area contributed by atoms with Gasteiger partial charge in [0.05, 0.1) is 11.5 Å². The summed E-state index contributed by atoms with van der Waals surface area (Å²) in [6.07, 6.45) is 2.20. The molecule has 2 aliphatic rings. The summed E-state index contributed by atoms with van der Waals surface area (Å²) in [4.78, 5) is 0. The van der Waals surface area contributed by atoms with Crippen LogP contribution in [0, 0.1) is 17.8 Å². The Morgan fingerprint density at radius 3 is 2.42 bits per heavy atom. The van der Waals surface area contributed by atoms with Crippen molar-refractivity contribution < 1.29 is 18.3 Å². The molecule has 4 heteroatoms. The van der Waals surface area contributed by atoms with Crippen molar-refractivity contribution in [1.82, 2.24) is 0 Å². The topological polar surface area (TPSA) is 20.2 Å². The number of hydrogen-bond acceptors (Lipinski definition) is 1. The van der Waals surface area contributed by atoms with E-state index in [2.05, 4.69) is 6.92 Å². The van der Waals surface area contributed by atoms with Crippen LogP contribution in [-0.4, -0.2) is 16.9 Å². The summed E-state index contributed by atoms with van der Waals surface area (Å²) < 4.78 is 38.8. The molecule has 0 saturated heterocycles. The monoisotopic (exact) mass is 278 g/mol. The first kappa shape index (κ1) is 15.1. The first-order chi connectivity index (χ1) is 8.87. The minimum atomic E-state index is -4.15. The lowest BCUT2D eigenvalue weighted by Crippen LogP contribution is -2.48. The van der Waals surface area contributed by atoms with E-state index in [0.717, 1.165) is 32.1 Å². The molecule has 0 amide bonds. The molecule has 0 radical (unpaired) electrons. The van der Waals surface area contributed by atoms with Crippen molar-refractivity contribution in [3.8, 4) is 0 Å². The first-order valence-electron chi connectivity index (χ1n) is 7.66. The third kappa shape index (κ3) is 3.26. The molecule has 19 heavy (non-hydrogen) atoms. The molecule has 0 aromatic heterocycles. The Kier molecular flexibility index (Phi) is 4.49. The smallest absolute Gasteiger partial charge is 0.390 e. The predicted molar refractivity (Wildman–Crippen MR) is 68.7 cm³/mol. The number of hydrogen-bond donors (Lipinski definition) is 1. The van der Waals surface area contributed by atoms with Crippen LogP contribution >= 0.6 is 0 Å². The maximum Gasteiger partial charge on any atom is 0.391 e. The standard InChI is InChI=1S/C15H25F3O/c1-2-11-6-3-4-8-13(11)14(19)9-5-7-12(10-14)15(16,17)18/h11-13,19H,2-10H2,1H3. The van der Waals surface area contributed by atoms with Gasteiger partial charge in [0.1, 0.15) is 0 Å². The average Bonchev–Trinajstić information content (AvgIpc) is 2.38. The summed E-state index contributed by atoms with van der Waals surface area (Å²) >= 11 is 0. The van der Waals surface area contributed by atoms with Crippen molar-refractivity contribution in [2.45, 2.75) is 76.5 Å². The van der Waals surface area contributed by atoms with Gasteiger partial charge in [-0.25, -0.2) is 0 Å². The van der Waals surface area contributed by atoms with Gasteiger partial charge in [-0.1, -0.05) is 32.6 Å². The highest BCUT2D eigenvalue weighted by Gasteiger charge is 2.51. The van der Waals surface area contributed by atoms with E-state index < -0.39 is 17.7 Å². The third-order valence-electron chi connectivity index (χ3n) is 5.35. The van der Waals surface area contributed by atoms with E-state index >= 15 is 0 Å². The van der Waals surface area contributed by atoms with Crippen LogP contribution in [0.3, 0.4) is 0 Å². The molecule has 4 atom stereocenters. The van der Waals surface area contributed by atoms with E-state index in [9.17, 15) is 18.3 Å². The van der Waals surface area contributed by atoms with Crippen LogP contribution in [0.5, 0.6) is 0 Å². The summed E-state index contributed by atoms with van der Waals surface area (Å²) in [7, 11) is 0. The van der Waals surface area contributed by atoms with Crippen LogP contribution in [0.25, 0.3) is 0 Å². The fourth-order valence-corrected chi connectivity index (χ4v) is 4.31. The average molecular weight is 278 g/mol. The number of rotatable bonds is 2. The van der Waals surface area contributed by atoms with Gasteiger partial charge in [-0.3, -0.25) is 0 Å². The second-order valence-electron chi connectivity index (χ2n) is 6.50. The molecule has 2 fully saturated rings. The molecule has 2 aliphatic carbocycles. The van der Waals surface area contributed by atoms with Crippen molar-refractivity contribution in [3.05, 3.63) is 0 Å². The van der Waals surface area contributed by atoms with Crippen LogP contribution < -0.4 is 0 Å². The van der Waals surface area contributed by atoms with Crippen LogP contribution in [0.15, 0.2) is 0 Å². The van der Waals surface area contributed by atoms with E-state index in [1.165, 1.54) is 0 Å². The molecule has 0 aliphatic heterocycles. The zero-order chi connectivity index (χ0) is 14.1. The highest BCUT2D eigenvalue weighted by Crippen LogP contribution is 2.49. The number of alkyl halides is 3. The molecule has 0 heterocycles. The van der Waals surface area contributed by atoms with Gasteiger partial charge < -0.3 is 5.11 Å². The minimum absolute atomic E-state index is 0.0718. The van der Waals surface area contributed by atoms with Crippen molar-refractivity contribution in [3.63, 3.8) is 0 Å². The summed E-state index contributed by atoms with van der Waals surface area (Å²) in [6, 6.07) is 0. The lowest BCUT2D eigenvalue weighted by molar-refractivity contribution is -0.211. The third-order valence-corrected chi connectivity index (χ3v) is 5.35. The Labute approximate surface area is 113 Å². The molecule has 4 unspecified atom stereocenters. The molecular weight excluding hydrogens is 253 g/mol. The second kappa shape index (κ2) is 5.63. The van der Waals surface area contributed by atoms with E-state index in [1.807, 2.05) is 0 Å². The SMILES string of the molecule is CCC1CCCCC1C1(O)CCCC(C(F)(F)F)C1. The van der Waals surface area contributed by atoms with Gasteiger partial charge in [0.25, 0.3) is 0 Å². The fraction of sp³-hybridized carbons (Fsp3) is 1.00. The second-order valence-corrected chi connectivity index (χ2v) is 6.50. The van der Waals surface area contributed by atoms with Crippen molar-refractivity contribution in [2.24, 2.45) is 17.8 Å². The minimum Gasteiger partial charge on any atom is -0.390 e. The molecule has 0 bridgehead atoms. The lowest BCUT2D eigenvalue weighted by Gasteiger charge is -2.47. The van der Waals surface area contributed by atoms with Crippen molar-refractivity contribution in [1.29, 1.82) is 0 Å². The Morgan fingerprint density at radius 2 is 1.79 bits per heavy atom. The van der Waals surface area contributed by atoms with E-state index in [4.69, 9.17) is 0 Å². The molecule has 0 aromatic carbocycles. The molecular formula is C15H25F3O. The fourth-order valence-electron chi connectivity index (χ4n) is 4.31. The maximum absolute atomic E-state index is 12.9. The molecule has 1 nitrogen and oxygen atoms in total. The highest BCUT2D eigenvalue weighted by atomic mass is 19.4. The summed E-state index contributed by atoms with van der Waals surface area (Å²) in [5.41, 5.74) is -1.07. The highest BCUT2D eigenvalue weighted by molar-refractivity contribution is 4.97. The summed E-state index contributed by atoms with van der Waals surface area (Å²) in [5, 5.41) is 10.8. The number of halogens is 3.